The third-order valence-electron chi connectivity index (χ3n) is 3.20. The predicted octanol–water partition coefficient (Wildman–Crippen LogP) is 0.176. The van der Waals surface area contributed by atoms with E-state index in [-0.39, 0.29) is 17.6 Å². The SMILES string of the molecule is CCOCCCC(=O)N1CC(n2cc(C(=O)O)nn2)C1. The molecule has 0 aromatic carbocycles. The number of carbonyl (C=O) groups excluding carboxylic acids is 1. The molecule has 1 saturated heterocycles. The van der Waals surface area contributed by atoms with Gasteiger partial charge in [-0.05, 0) is 13.3 Å². The van der Waals surface area contributed by atoms with Crippen LogP contribution >= 0.6 is 0 Å². The van der Waals surface area contributed by atoms with Gasteiger partial charge in [-0.3, -0.25) is 4.79 Å². The lowest BCUT2D eigenvalue weighted by Crippen LogP contribution is -2.50. The number of rotatable bonds is 7. The van der Waals surface area contributed by atoms with Crippen LogP contribution in [0, 0.1) is 0 Å². The summed E-state index contributed by atoms with van der Waals surface area (Å²) in [5.74, 6) is -1.00. The van der Waals surface area contributed by atoms with Crippen LogP contribution in [0.1, 0.15) is 36.3 Å². The fraction of sp³-hybridized carbons (Fsp3) is 0.667. The lowest BCUT2D eigenvalue weighted by Gasteiger charge is -2.38. The lowest BCUT2D eigenvalue weighted by atomic mass is 10.1. The first-order chi connectivity index (χ1) is 9.61. The van der Waals surface area contributed by atoms with Gasteiger partial charge in [0.2, 0.25) is 5.91 Å². The molecule has 0 atom stereocenters. The summed E-state index contributed by atoms with van der Waals surface area (Å²) in [6.45, 7) is 4.29. The Labute approximate surface area is 116 Å². The largest absolute Gasteiger partial charge is 0.476 e. The first kappa shape index (κ1) is 14.4. The summed E-state index contributed by atoms with van der Waals surface area (Å²) in [6.07, 6.45) is 2.59. The van der Waals surface area contributed by atoms with Crippen molar-refractivity contribution in [1.82, 2.24) is 19.9 Å². The van der Waals surface area contributed by atoms with Gasteiger partial charge in [0.15, 0.2) is 5.69 Å². The van der Waals surface area contributed by atoms with Gasteiger partial charge in [0.1, 0.15) is 0 Å². The number of amides is 1. The zero-order chi connectivity index (χ0) is 14.5. The van der Waals surface area contributed by atoms with Crippen LogP contribution in [0.25, 0.3) is 0 Å². The molecule has 0 unspecified atom stereocenters. The Morgan fingerprint density at radius 1 is 1.50 bits per heavy atom. The van der Waals surface area contributed by atoms with E-state index < -0.39 is 5.97 Å². The van der Waals surface area contributed by atoms with Gasteiger partial charge in [-0.15, -0.1) is 5.10 Å². The van der Waals surface area contributed by atoms with E-state index in [1.165, 1.54) is 10.9 Å². The summed E-state index contributed by atoms with van der Waals surface area (Å²) in [6, 6.07) is 0.0199. The maximum atomic E-state index is 11.8. The van der Waals surface area contributed by atoms with Crippen LogP contribution in [-0.4, -0.2) is 63.2 Å². The van der Waals surface area contributed by atoms with Crippen molar-refractivity contribution >= 4 is 11.9 Å². The molecular formula is C12H18N4O4. The number of aromatic nitrogens is 3. The van der Waals surface area contributed by atoms with Crippen molar-refractivity contribution in [3.63, 3.8) is 0 Å². The molecule has 20 heavy (non-hydrogen) atoms. The Hall–Kier alpha value is -1.96. The molecule has 1 aromatic heterocycles. The average Bonchev–Trinajstić information content (AvgIpc) is 2.82. The molecule has 0 spiro atoms. The molecule has 1 aliphatic rings. The number of ether oxygens (including phenoxy) is 1. The van der Waals surface area contributed by atoms with Gasteiger partial charge in [-0.25, -0.2) is 9.48 Å². The number of aromatic carboxylic acids is 1. The van der Waals surface area contributed by atoms with Crippen LogP contribution in [0.4, 0.5) is 0 Å². The van der Waals surface area contributed by atoms with E-state index in [0.717, 1.165) is 6.42 Å². The van der Waals surface area contributed by atoms with Crippen molar-refractivity contribution in [2.24, 2.45) is 0 Å². The highest BCUT2D eigenvalue weighted by molar-refractivity contribution is 5.84. The Balaban J connectivity index is 1.73. The van der Waals surface area contributed by atoms with Gasteiger partial charge in [-0.2, -0.15) is 0 Å². The summed E-state index contributed by atoms with van der Waals surface area (Å²) in [5, 5.41) is 16.1. The first-order valence-corrected chi connectivity index (χ1v) is 6.62. The fourth-order valence-corrected chi connectivity index (χ4v) is 2.01. The van der Waals surface area contributed by atoms with Crippen molar-refractivity contribution in [1.29, 1.82) is 0 Å². The van der Waals surface area contributed by atoms with Crippen LogP contribution in [0.5, 0.6) is 0 Å². The number of carbonyl (C=O) groups is 2. The molecule has 2 heterocycles. The van der Waals surface area contributed by atoms with Gasteiger partial charge in [0.05, 0.1) is 12.2 Å². The molecule has 0 bridgehead atoms. The van der Waals surface area contributed by atoms with E-state index in [1.54, 1.807) is 4.90 Å². The number of hydrogen-bond acceptors (Lipinski definition) is 5. The Morgan fingerprint density at radius 3 is 2.85 bits per heavy atom. The lowest BCUT2D eigenvalue weighted by molar-refractivity contribution is -0.137. The van der Waals surface area contributed by atoms with Gasteiger partial charge < -0.3 is 14.7 Å². The molecule has 8 nitrogen and oxygen atoms in total. The number of hydrogen-bond donors (Lipinski definition) is 1. The Bertz CT molecular complexity index is 482. The summed E-state index contributed by atoms with van der Waals surface area (Å²) < 4.78 is 6.69. The molecule has 0 saturated carbocycles. The Kier molecular flexibility index (Phi) is 4.67. The quantitative estimate of drug-likeness (QED) is 0.716. The minimum atomic E-state index is -1.10. The highest BCUT2D eigenvalue weighted by atomic mass is 16.5. The standard InChI is InChI=1S/C12H18N4O4/c1-2-20-5-3-4-11(17)15-6-9(7-15)16-8-10(12(18)19)13-14-16/h8-9H,2-7H2,1H3,(H,18,19). The predicted molar refractivity (Wildman–Crippen MR) is 68.3 cm³/mol. The average molecular weight is 282 g/mol. The van der Waals surface area contributed by atoms with Crippen molar-refractivity contribution in [3.8, 4) is 0 Å². The maximum absolute atomic E-state index is 11.8. The van der Waals surface area contributed by atoms with Crippen molar-refractivity contribution in [2.75, 3.05) is 26.3 Å². The zero-order valence-corrected chi connectivity index (χ0v) is 11.4. The van der Waals surface area contributed by atoms with Crippen molar-refractivity contribution in [2.45, 2.75) is 25.8 Å². The minimum absolute atomic E-state index is 0.0199. The molecule has 1 N–H and O–H groups in total. The van der Waals surface area contributed by atoms with E-state index in [2.05, 4.69) is 10.3 Å². The van der Waals surface area contributed by atoms with E-state index in [9.17, 15) is 9.59 Å². The molecule has 1 fully saturated rings. The monoisotopic (exact) mass is 282 g/mol. The van der Waals surface area contributed by atoms with Crippen LogP contribution < -0.4 is 0 Å². The molecule has 0 aliphatic carbocycles. The van der Waals surface area contributed by atoms with E-state index in [1.807, 2.05) is 6.92 Å². The summed E-state index contributed by atoms with van der Waals surface area (Å²) >= 11 is 0. The van der Waals surface area contributed by atoms with Crippen LogP contribution in [-0.2, 0) is 9.53 Å². The normalized spacial score (nSPS) is 15.2. The van der Waals surface area contributed by atoms with E-state index in [4.69, 9.17) is 9.84 Å². The molecule has 1 amide bonds. The smallest absolute Gasteiger partial charge is 0.358 e. The zero-order valence-electron chi connectivity index (χ0n) is 11.4. The molecule has 0 radical (unpaired) electrons. The third kappa shape index (κ3) is 3.32. The fourth-order valence-electron chi connectivity index (χ4n) is 2.01. The first-order valence-electron chi connectivity index (χ1n) is 6.62. The molecule has 8 heteroatoms. The number of carboxylic acids is 1. The van der Waals surface area contributed by atoms with E-state index in [0.29, 0.717) is 32.7 Å². The van der Waals surface area contributed by atoms with Crippen LogP contribution in [0.3, 0.4) is 0 Å². The van der Waals surface area contributed by atoms with Gasteiger partial charge in [0, 0.05) is 32.7 Å². The molecule has 2 rings (SSSR count). The molecule has 110 valence electrons. The molecule has 1 aliphatic heterocycles. The maximum Gasteiger partial charge on any atom is 0.358 e. The van der Waals surface area contributed by atoms with Gasteiger partial charge >= 0.3 is 5.97 Å². The second-order valence-electron chi connectivity index (χ2n) is 4.64. The minimum Gasteiger partial charge on any atom is -0.476 e. The molecule has 1 aromatic rings. The van der Waals surface area contributed by atoms with Crippen molar-refractivity contribution in [3.05, 3.63) is 11.9 Å². The number of carboxylic acid groups (broad SMARTS) is 1. The van der Waals surface area contributed by atoms with Crippen LogP contribution in [0.2, 0.25) is 0 Å². The highest BCUT2D eigenvalue weighted by Gasteiger charge is 2.32. The highest BCUT2D eigenvalue weighted by Crippen LogP contribution is 2.21. The van der Waals surface area contributed by atoms with Crippen molar-refractivity contribution < 1.29 is 19.4 Å². The van der Waals surface area contributed by atoms with E-state index >= 15 is 0 Å². The van der Waals surface area contributed by atoms with Gasteiger partial charge in [-0.1, -0.05) is 5.21 Å². The topological polar surface area (TPSA) is 97.5 Å². The Morgan fingerprint density at radius 2 is 2.25 bits per heavy atom. The third-order valence-corrected chi connectivity index (χ3v) is 3.20. The van der Waals surface area contributed by atoms with Crippen LogP contribution in [0.15, 0.2) is 6.20 Å². The second kappa shape index (κ2) is 6.47. The summed E-state index contributed by atoms with van der Waals surface area (Å²) in [5.41, 5.74) is -0.0773. The number of nitrogens with zero attached hydrogens (tertiary/aromatic N) is 4. The number of likely N-dealkylation sites (tertiary alicyclic amines) is 1. The summed E-state index contributed by atoms with van der Waals surface area (Å²) in [7, 11) is 0. The molecular weight excluding hydrogens is 264 g/mol. The van der Waals surface area contributed by atoms with Gasteiger partial charge in [0.25, 0.3) is 0 Å². The second-order valence-corrected chi connectivity index (χ2v) is 4.64. The summed E-state index contributed by atoms with van der Waals surface area (Å²) in [4.78, 5) is 24.2.